The van der Waals surface area contributed by atoms with Crippen LogP contribution in [0.25, 0.3) is 11.3 Å². The number of amides is 2. The van der Waals surface area contributed by atoms with E-state index in [0.29, 0.717) is 19.3 Å². The first-order valence-corrected chi connectivity index (χ1v) is 11.2. The monoisotopic (exact) mass is 412 g/mol. The third-order valence-corrected chi connectivity index (χ3v) is 5.46. The topological polar surface area (TPSA) is 69.3 Å². The first-order chi connectivity index (χ1) is 14.5. The SMILES string of the molecule is CCN(CC)C(=O)CCCC(=O)N(C)CCCCCc1cc(-c2ccccc2)n[nH]1. The molecule has 0 bridgehead atoms. The van der Waals surface area contributed by atoms with Crippen LogP contribution in [0.2, 0.25) is 0 Å². The minimum absolute atomic E-state index is 0.128. The van der Waals surface area contributed by atoms with Gasteiger partial charge >= 0.3 is 0 Å². The predicted molar refractivity (Wildman–Crippen MR) is 121 cm³/mol. The van der Waals surface area contributed by atoms with Crippen LogP contribution >= 0.6 is 0 Å². The van der Waals surface area contributed by atoms with Gasteiger partial charge in [0.05, 0.1) is 5.69 Å². The summed E-state index contributed by atoms with van der Waals surface area (Å²) in [6, 6.07) is 12.3. The van der Waals surface area contributed by atoms with E-state index in [1.807, 2.05) is 44.0 Å². The standard InChI is InChI=1S/C24H36N4O2/c1-4-28(5-2)24(30)17-12-16-23(29)27(3)18-11-7-10-15-21-19-22(26-25-21)20-13-8-6-9-14-20/h6,8-9,13-14,19H,4-5,7,10-12,15-18H2,1-3H3,(H,25,26). The highest BCUT2D eigenvalue weighted by Gasteiger charge is 2.12. The zero-order chi connectivity index (χ0) is 21.8. The molecule has 2 rings (SSSR count). The van der Waals surface area contributed by atoms with Crippen LogP contribution in [0.5, 0.6) is 0 Å². The van der Waals surface area contributed by atoms with Gasteiger partial charge in [-0.15, -0.1) is 0 Å². The van der Waals surface area contributed by atoms with Crippen molar-refractivity contribution >= 4 is 11.8 Å². The molecule has 0 aliphatic heterocycles. The average Bonchev–Trinajstić information content (AvgIpc) is 3.23. The number of hydrogen-bond acceptors (Lipinski definition) is 3. The number of unbranched alkanes of at least 4 members (excludes halogenated alkanes) is 2. The summed E-state index contributed by atoms with van der Waals surface area (Å²) >= 11 is 0. The number of aromatic nitrogens is 2. The van der Waals surface area contributed by atoms with Crippen molar-refractivity contribution in [2.24, 2.45) is 0 Å². The normalized spacial score (nSPS) is 10.8. The number of benzene rings is 1. The zero-order valence-electron chi connectivity index (χ0n) is 18.7. The molecule has 6 heteroatoms. The van der Waals surface area contributed by atoms with Gasteiger partial charge in [-0.25, -0.2) is 0 Å². The molecular formula is C24H36N4O2. The predicted octanol–water partition coefficient (Wildman–Crippen LogP) is 4.29. The van der Waals surface area contributed by atoms with Gasteiger partial charge in [0.1, 0.15) is 0 Å². The second-order valence-corrected chi connectivity index (χ2v) is 7.69. The second-order valence-electron chi connectivity index (χ2n) is 7.69. The molecule has 0 atom stereocenters. The number of aromatic amines is 1. The Morgan fingerprint density at radius 3 is 2.33 bits per heavy atom. The highest BCUT2D eigenvalue weighted by atomic mass is 16.2. The van der Waals surface area contributed by atoms with Crippen LogP contribution in [0.15, 0.2) is 36.4 Å². The second kappa shape index (κ2) is 12.8. The summed E-state index contributed by atoms with van der Waals surface area (Å²) < 4.78 is 0. The van der Waals surface area contributed by atoms with Crippen molar-refractivity contribution in [1.29, 1.82) is 0 Å². The lowest BCUT2D eigenvalue weighted by molar-refractivity contribution is -0.132. The molecule has 0 saturated carbocycles. The van der Waals surface area contributed by atoms with E-state index in [4.69, 9.17) is 0 Å². The molecule has 0 unspecified atom stereocenters. The molecule has 2 aromatic rings. The van der Waals surface area contributed by atoms with E-state index in [1.54, 1.807) is 4.90 Å². The van der Waals surface area contributed by atoms with Gasteiger partial charge in [-0.2, -0.15) is 5.10 Å². The number of nitrogens with one attached hydrogen (secondary N) is 1. The highest BCUT2D eigenvalue weighted by Crippen LogP contribution is 2.18. The number of H-pyrrole nitrogens is 1. The minimum Gasteiger partial charge on any atom is -0.346 e. The number of carbonyl (C=O) groups excluding carboxylic acids is 2. The summed E-state index contributed by atoms with van der Waals surface area (Å²) in [6.07, 6.45) is 5.61. The fraction of sp³-hybridized carbons (Fsp3) is 0.542. The van der Waals surface area contributed by atoms with Crippen LogP contribution < -0.4 is 0 Å². The van der Waals surface area contributed by atoms with E-state index in [0.717, 1.165) is 62.3 Å². The Bertz CT molecular complexity index is 769. The number of rotatable bonds is 13. The number of hydrogen-bond donors (Lipinski definition) is 1. The molecule has 1 heterocycles. The molecule has 6 nitrogen and oxygen atoms in total. The van der Waals surface area contributed by atoms with Gasteiger partial charge in [0.25, 0.3) is 0 Å². The van der Waals surface area contributed by atoms with Crippen LogP contribution in [-0.2, 0) is 16.0 Å². The van der Waals surface area contributed by atoms with Gasteiger partial charge in [0, 0.05) is 50.8 Å². The van der Waals surface area contributed by atoms with Crippen molar-refractivity contribution in [2.45, 2.75) is 58.8 Å². The Labute approximate surface area is 180 Å². The molecule has 2 amide bonds. The van der Waals surface area contributed by atoms with Gasteiger partial charge in [-0.05, 0) is 45.6 Å². The lowest BCUT2D eigenvalue weighted by Crippen LogP contribution is -2.31. The number of carbonyl (C=O) groups is 2. The van der Waals surface area contributed by atoms with Crippen molar-refractivity contribution in [3.05, 3.63) is 42.1 Å². The zero-order valence-corrected chi connectivity index (χ0v) is 18.7. The van der Waals surface area contributed by atoms with Gasteiger partial charge in [0.15, 0.2) is 0 Å². The molecule has 1 aromatic heterocycles. The van der Waals surface area contributed by atoms with Crippen LogP contribution in [0.4, 0.5) is 0 Å². The lowest BCUT2D eigenvalue weighted by atomic mass is 10.1. The number of nitrogens with zero attached hydrogens (tertiary/aromatic N) is 3. The highest BCUT2D eigenvalue weighted by molar-refractivity contribution is 5.78. The van der Waals surface area contributed by atoms with E-state index >= 15 is 0 Å². The molecule has 164 valence electrons. The lowest BCUT2D eigenvalue weighted by Gasteiger charge is -2.19. The molecule has 0 radical (unpaired) electrons. The molecule has 30 heavy (non-hydrogen) atoms. The maximum Gasteiger partial charge on any atom is 0.222 e. The summed E-state index contributed by atoms with van der Waals surface area (Å²) in [5.74, 6) is 0.271. The molecule has 0 aliphatic rings. The van der Waals surface area contributed by atoms with Crippen LogP contribution in [-0.4, -0.2) is 58.5 Å². The van der Waals surface area contributed by atoms with Gasteiger partial charge < -0.3 is 9.80 Å². The Balaban J connectivity index is 1.58. The van der Waals surface area contributed by atoms with E-state index in [2.05, 4.69) is 28.4 Å². The molecule has 0 spiro atoms. The van der Waals surface area contributed by atoms with Gasteiger partial charge in [-0.3, -0.25) is 14.7 Å². The quantitative estimate of drug-likeness (QED) is 0.499. The number of aryl methyl sites for hydroxylation is 1. The maximum atomic E-state index is 12.2. The van der Waals surface area contributed by atoms with E-state index in [9.17, 15) is 9.59 Å². The van der Waals surface area contributed by atoms with E-state index < -0.39 is 0 Å². The van der Waals surface area contributed by atoms with Crippen molar-refractivity contribution in [3.63, 3.8) is 0 Å². The van der Waals surface area contributed by atoms with E-state index in [1.165, 1.54) is 0 Å². The molecule has 0 saturated heterocycles. The van der Waals surface area contributed by atoms with Crippen molar-refractivity contribution in [3.8, 4) is 11.3 Å². The first-order valence-electron chi connectivity index (χ1n) is 11.2. The van der Waals surface area contributed by atoms with Crippen LogP contribution in [0.1, 0.15) is 58.1 Å². The van der Waals surface area contributed by atoms with Gasteiger partial charge in [0.2, 0.25) is 11.8 Å². The molecule has 0 aliphatic carbocycles. The fourth-order valence-corrected chi connectivity index (χ4v) is 3.53. The summed E-state index contributed by atoms with van der Waals surface area (Å²) in [5.41, 5.74) is 3.26. The Hall–Kier alpha value is -2.63. The molecule has 0 fully saturated rings. The summed E-state index contributed by atoms with van der Waals surface area (Å²) in [7, 11) is 1.86. The van der Waals surface area contributed by atoms with Crippen molar-refractivity contribution in [1.82, 2.24) is 20.0 Å². The largest absolute Gasteiger partial charge is 0.346 e. The summed E-state index contributed by atoms with van der Waals surface area (Å²) in [4.78, 5) is 27.9. The summed E-state index contributed by atoms with van der Waals surface area (Å²) in [5, 5.41) is 7.52. The third-order valence-electron chi connectivity index (χ3n) is 5.46. The molecule has 1 aromatic carbocycles. The minimum atomic E-state index is 0.128. The third kappa shape index (κ3) is 7.65. The maximum absolute atomic E-state index is 12.2. The van der Waals surface area contributed by atoms with Crippen LogP contribution in [0.3, 0.4) is 0 Å². The average molecular weight is 413 g/mol. The Morgan fingerprint density at radius 2 is 1.63 bits per heavy atom. The smallest absolute Gasteiger partial charge is 0.222 e. The van der Waals surface area contributed by atoms with E-state index in [-0.39, 0.29) is 11.8 Å². The van der Waals surface area contributed by atoms with Crippen molar-refractivity contribution in [2.75, 3.05) is 26.7 Å². The Morgan fingerprint density at radius 1 is 0.933 bits per heavy atom. The molecular weight excluding hydrogens is 376 g/mol. The van der Waals surface area contributed by atoms with Gasteiger partial charge in [-0.1, -0.05) is 36.8 Å². The fourth-order valence-electron chi connectivity index (χ4n) is 3.53. The van der Waals surface area contributed by atoms with Crippen molar-refractivity contribution < 1.29 is 9.59 Å². The first kappa shape index (κ1) is 23.6. The van der Waals surface area contributed by atoms with Crippen LogP contribution in [0, 0.1) is 0 Å². The Kier molecular flexibility index (Phi) is 10.1. The summed E-state index contributed by atoms with van der Waals surface area (Å²) in [6.45, 7) is 6.19. The molecule has 1 N–H and O–H groups in total.